The number of fused-ring (bicyclic) bond motifs is 1. The number of benzene rings is 2. The molecule has 140 valence electrons. The highest BCUT2D eigenvalue weighted by Gasteiger charge is 2.10. The Labute approximate surface area is 166 Å². The van der Waals surface area contributed by atoms with Crippen molar-refractivity contribution in [1.29, 1.82) is 0 Å². The summed E-state index contributed by atoms with van der Waals surface area (Å²) >= 11 is 11.7. The normalized spacial score (nSPS) is 10.7. The largest absolute Gasteiger partial charge is 0.455 e. The van der Waals surface area contributed by atoms with Gasteiger partial charge in [0.1, 0.15) is 0 Å². The maximum atomic E-state index is 11.9. The van der Waals surface area contributed by atoms with Crippen LogP contribution in [0.3, 0.4) is 0 Å². The number of hydrogen-bond acceptors (Lipinski definition) is 3. The summed E-state index contributed by atoms with van der Waals surface area (Å²) in [7, 11) is 0. The summed E-state index contributed by atoms with van der Waals surface area (Å²) in [6.07, 6.45) is 2.65. The summed E-state index contributed by atoms with van der Waals surface area (Å²) in [4.78, 5) is 26.9. The summed E-state index contributed by atoms with van der Waals surface area (Å²) < 4.78 is 5.00. The van der Waals surface area contributed by atoms with Gasteiger partial charge >= 0.3 is 5.97 Å². The number of rotatable bonds is 7. The van der Waals surface area contributed by atoms with Crippen molar-refractivity contribution in [3.05, 3.63) is 69.8 Å². The summed E-state index contributed by atoms with van der Waals surface area (Å²) in [6.45, 7) is 0.152. The Balaban J connectivity index is 1.40. The lowest BCUT2D eigenvalue weighted by atomic mass is 10.1. The van der Waals surface area contributed by atoms with Crippen molar-refractivity contribution >= 4 is 46.0 Å². The van der Waals surface area contributed by atoms with Crippen LogP contribution in [-0.4, -0.2) is 30.0 Å². The smallest absolute Gasteiger partial charge is 0.310 e. The van der Waals surface area contributed by atoms with E-state index in [-0.39, 0.29) is 18.9 Å². The SMILES string of the molecule is O=C(COC(=O)Cc1ccc(Cl)c(Cl)c1)NCCc1c[nH]c2ccccc12. The number of H-pyrrole nitrogens is 1. The molecule has 0 fully saturated rings. The number of esters is 1. The standard InChI is InChI=1S/C20H18Cl2N2O3/c21-16-6-5-13(9-17(16)22)10-20(26)27-12-19(25)23-8-7-14-11-24-18-4-2-1-3-15(14)18/h1-6,9,11,24H,7-8,10,12H2,(H,23,25). The van der Waals surface area contributed by atoms with Gasteiger partial charge in [0.05, 0.1) is 16.5 Å². The van der Waals surface area contributed by atoms with E-state index >= 15 is 0 Å². The van der Waals surface area contributed by atoms with E-state index in [1.807, 2.05) is 30.5 Å². The van der Waals surface area contributed by atoms with E-state index in [1.54, 1.807) is 18.2 Å². The number of para-hydroxylation sites is 1. The highest BCUT2D eigenvalue weighted by Crippen LogP contribution is 2.23. The number of aromatic amines is 1. The van der Waals surface area contributed by atoms with Gasteiger partial charge < -0.3 is 15.0 Å². The lowest BCUT2D eigenvalue weighted by Crippen LogP contribution is -2.30. The number of ether oxygens (including phenoxy) is 1. The Bertz CT molecular complexity index is 969. The van der Waals surface area contributed by atoms with Gasteiger partial charge in [-0.1, -0.05) is 47.5 Å². The van der Waals surface area contributed by atoms with E-state index in [1.165, 1.54) is 0 Å². The molecule has 0 unspecified atom stereocenters. The number of hydrogen-bond donors (Lipinski definition) is 2. The van der Waals surface area contributed by atoms with Crippen LogP contribution in [0.15, 0.2) is 48.7 Å². The first kappa shape index (κ1) is 19.3. The molecule has 7 heteroatoms. The predicted octanol–water partition coefficient (Wildman–Crippen LogP) is 3.92. The average molecular weight is 405 g/mol. The van der Waals surface area contributed by atoms with Gasteiger partial charge in [0.15, 0.2) is 6.61 Å². The molecule has 3 aromatic rings. The van der Waals surface area contributed by atoms with Crippen LogP contribution in [0.1, 0.15) is 11.1 Å². The van der Waals surface area contributed by atoms with Crippen LogP contribution < -0.4 is 5.32 Å². The molecule has 0 atom stereocenters. The third kappa shape index (κ3) is 5.25. The van der Waals surface area contributed by atoms with Crippen molar-refractivity contribution in [2.75, 3.05) is 13.2 Å². The molecule has 2 aromatic carbocycles. The molecular weight excluding hydrogens is 387 g/mol. The number of amides is 1. The highest BCUT2D eigenvalue weighted by atomic mass is 35.5. The maximum Gasteiger partial charge on any atom is 0.310 e. The van der Waals surface area contributed by atoms with Gasteiger partial charge in [-0.3, -0.25) is 9.59 Å². The first-order valence-corrected chi connectivity index (χ1v) is 9.20. The minimum absolute atomic E-state index is 0.0273. The third-order valence-corrected chi connectivity index (χ3v) is 4.83. The second-order valence-electron chi connectivity index (χ2n) is 6.05. The molecule has 1 amide bonds. The van der Waals surface area contributed by atoms with Crippen molar-refractivity contribution in [2.24, 2.45) is 0 Å². The van der Waals surface area contributed by atoms with Gasteiger partial charge in [-0.2, -0.15) is 0 Å². The van der Waals surface area contributed by atoms with Crippen LogP contribution in [0.25, 0.3) is 10.9 Å². The van der Waals surface area contributed by atoms with Gasteiger partial charge in [0, 0.05) is 23.6 Å². The fourth-order valence-electron chi connectivity index (χ4n) is 2.74. The lowest BCUT2D eigenvalue weighted by molar-refractivity contribution is -0.147. The van der Waals surface area contributed by atoms with Crippen molar-refractivity contribution in [1.82, 2.24) is 10.3 Å². The van der Waals surface area contributed by atoms with E-state index in [0.29, 0.717) is 28.6 Å². The number of nitrogens with one attached hydrogen (secondary N) is 2. The molecule has 1 aromatic heterocycles. The molecule has 5 nitrogen and oxygen atoms in total. The summed E-state index contributed by atoms with van der Waals surface area (Å²) in [5.74, 6) is -0.836. The topological polar surface area (TPSA) is 71.2 Å². The summed E-state index contributed by atoms with van der Waals surface area (Å²) in [5.41, 5.74) is 2.87. The molecular formula is C20H18Cl2N2O3. The number of carbonyl (C=O) groups excluding carboxylic acids is 2. The molecule has 0 aliphatic heterocycles. The van der Waals surface area contributed by atoms with Crippen molar-refractivity contribution < 1.29 is 14.3 Å². The first-order chi connectivity index (χ1) is 13.0. The molecule has 0 saturated heterocycles. The van der Waals surface area contributed by atoms with Crippen molar-refractivity contribution in [3.8, 4) is 0 Å². The zero-order valence-electron chi connectivity index (χ0n) is 14.4. The minimum Gasteiger partial charge on any atom is -0.455 e. The molecule has 3 rings (SSSR count). The Morgan fingerprint density at radius 1 is 1.07 bits per heavy atom. The number of halogens is 2. The first-order valence-electron chi connectivity index (χ1n) is 8.44. The second kappa shape index (κ2) is 8.93. The van der Waals surface area contributed by atoms with E-state index < -0.39 is 5.97 Å². The lowest BCUT2D eigenvalue weighted by Gasteiger charge is -2.07. The van der Waals surface area contributed by atoms with Gasteiger partial charge in [0.25, 0.3) is 5.91 Å². The summed E-state index contributed by atoms with van der Waals surface area (Å²) in [5, 5.41) is 4.68. The van der Waals surface area contributed by atoms with E-state index in [4.69, 9.17) is 27.9 Å². The minimum atomic E-state index is -0.500. The summed E-state index contributed by atoms with van der Waals surface area (Å²) in [6, 6.07) is 12.9. The Morgan fingerprint density at radius 3 is 2.70 bits per heavy atom. The van der Waals surface area contributed by atoms with Crippen LogP contribution in [-0.2, 0) is 27.2 Å². The quantitative estimate of drug-likeness (QED) is 0.586. The molecule has 0 aliphatic carbocycles. The van der Waals surface area contributed by atoms with E-state index in [0.717, 1.165) is 16.5 Å². The Kier molecular flexibility index (Phi) is 6.37. The average Bonchev–Trinajstić information content (AvgIpc) is 3.06. The molecule has 0 spiro atoms. The van der Waals surface area contributed by atoms with Crippen LogP contribution in [0.5, 0.6) is 0 Å². The molecule has 27 heavy (non-hydrogen) atoms. The number of aromatic nitrogens is 1. The van der Waals surface area contributed by atoms with Crippen LogP contribution >= 0.6 is 23.2 Å². The second-order valence-corrected chi connectivity index (χ2v) is 6.86. The van der Waals surface area contributed by atoms with Gasteiger partial charge in [-0.25, -0.2) is 0 Å². The van der Waals surface area contributed by atoms with Gasteiger partial charge in [0.2, 0.25) is 0 Å². The van der Waals surface area contributed by atoms with Crippen molar-refractivity contribution in [3.63, 3.8) is 0 Å². The van der Waals surface area contributed by atoms with Gasteiger partial charge in [-0.15, -0.1) is 0 Å². The van der Waals surface area contributed by atoms with Gasteiger partial charge in [-0.05, 0) is 35.7 Å². The van der Waals surface area contributed by atoms with Crippen molar-refractivity contribution in [2.45, 2.75) is 12.8 Å². The maximum absolute atomic E-state index is 11.9. The monoisotopic (exact) mass is 404 g/mol. The van der Waals surface area contributed by atoms with E-state index in [2.05, 4.69) is 10.3 Å². The van der Waals surface area contributed by atoms with Crippen LogP contribution in [0.2, 0.25) is 10.0 Å². The molecule has 2 N–H and O–H groups in total. The van der Waals surface area contributed by atoms with E-state index in [9.17, 15) is 9.59 Å². The third-order valence-electron chi connectivity index (χ3n) is 4.09. The fourth-order valence-corrected chi connectivity index (χ4v) is 3.06. The predicted molar refractivity (Wildman–Crippen MR) is 106 cm³/mol. The van der Waals surface area contributed by atoms with Crippen LogP contribution in [0, 0.1) is 0 Å². The fraction of sp³-hybridized carbons (Fsp3) is 0.200. The molecule has 1 heterocycles. The number of carbonyl (C=O) groups is 2. The Morgan fingerprint density at radius 2 is 1.89 bits per heavy atom. The Hall–Kier alpha value is -2.50. The molecule has 0 aliphatic rings. The molecule has 0 bridgehead atoms. The molecule has 0 saturated carbocycles. The zero-order valence-corrected chi connectivity index (χ0v) is 15.9. The highest BCUT2D eigenvalue weighted by molar-refractivity contribution is 6.42. The zero-order chi connectivity index (χ0) is 19.2. The van der Waals surface area contributed by atoms with Crippen LogP contribution in [0.4, 0.5) is 0 Å². The molecule has 0 radical (unpaired) electrons.